The molecule has 0 spiro atoms. The normalized spacial score (nSPS) is 25.2. The first-order valence-corrected chi connectivity index (χ1v) is 6.40. The Morgan fingerprint density at radius 2 is 2.12 bits per heavy atom. The molecular formula is C12H15N3OS. The van der Waals surface area contributed by atoms with E-state index in [1.807, 2.05) is 12.1 Å². The van der Waals surface area contributed by atoms with Crippen molar-refractivity contribution in [3.8, 4) is 0 Å². The quantitative estimate of drug-likeness (QED) is 0.764. The Morgan fingerprint density at radius 1 is 1.35 bits per heavy atom. The number of nitrogens with one attached hydrogen (secondary N) is 1. The van der Waals surface area contributed by atoms with Crippen molar-refractivity contribution < 1.29 is 5.11 Å². The van der Waals surface area contributed by atoms with Crippen molar-refractivity contribution in [3.05, 3.63) is 23.1 Å². The second-order valence-electron chi connectivity index (χ2n) is 4.64. The van der Waals surface area contributed by atoms with Gasteiger partial charge in [-0.3, -0.25) is 4.57 Å². The maximum absolute atomic E-state index is 9.55. The highest BCUT2D eigenvalue weighted by Gasteiger charge is 2.22. The van der Waals surface area contributed by atoms with Crippen LogP contribution in [0.1, 0.15) is 31.7 Å². The zero-order valence-electron chi connectivity index (χ0n) is 9.47. The van der Waals surface area contributed by atoms with Crippen molar-refractivity contribution in [1.82, 2.24) is 14.5 Å². The molecular weight excluding hydrogens is 234 g/mol. The third kappa shape index (κ3) is 1.89. The summed E-state index contributed by atoms with van der Waals surface area (Å²) in [6.07, 6.45) is 5.30. The highest BCUT2D eigenvalue weighted by atomic mass is 32.1. The van der Waals surface area contributed by atoms with Gasteiger partial charge in [0.15, 0.2) is 10.4 Å². The molecule has 90 valence electrons. The Morgan fingerprint density at radius 3 is 2.88 bits per heavy atom. The van der Waals surface area contributed by atoms with Gasteiger partial charge in [-0.25, -0.2) is 4.98 Å². The predicted molar refractivity (Wildman–Crippen MR) is 68.4 cm³/mol. The van der Waals surface area contributed by atoms with Gasteiger partial charge in [-0.05, 0) is 50.0 Å². The fourth-order valence-electron chi connectivity index (χ4n) is 2.61. The SMILES string of the molecule is OC1CCC(n2c(=S)[nH]c3cccnc32)CC1. The van der Waals surface area contributed by atoms with Crippen LogP contribution in [0.3, 0.4) is 0 Å². The van der Waals surface area contributed by atoms with E-state index in [0.717, 1.165) is 41.6 Å². The van der Waals surface area contributed by atoms with Crippen molar-refractivity contribution in [2.75, 3.05) is 0 Å². The minimum absolute atomic E-state index is 0.140. The number of H-pyrrole nitrogens is 1. The molecule has 2 aromatic heterocycles. The van der Waals surface area contributed by atoms with E-state index >= 15 is 0 Å². The van der Waals surface area contributed by atoms with Crippen LogP contribution in [0.4, 0.5) is 0 Å². The molecule has 0 aliphatic heterocycles. The summed E-state index contributed by atoms with van der Waals surface area (Å²) in [6.45, 7) is 0. The Hall–Kier alpha value is -1.20. The van der Waals surface area contributed by atoms with Gasteiger partial charge in [0, 0.05) is 12.2 Å². The summed E-state index contributed by atoms with van der Waals surface area (Å²) < 4.78 is 2.84. The molecule has 0 radical (unpaired) electrons. The van der Waals surface area contributed by atoms with Crippen LogP contribution in [-0.2, 0) is 0 Å². The zero-order chi connectivity index (χ0) is 11.8. The van der Waals surface area contributed by atoms with Crippen LogP contribution in [0.2, 0.25) is 0 Å². The topological polar surface area (TPSA) is 53.8 Å². The minimum Gasteiger partial charge on any atom is -0.393 e. The third-order valence-electron chi connectivity index (χ3n) is 3.51. The summed E-state index contributed by atoms with van der Waals surface area (Å²) in [7, 11) is 0. The van der Waals surface area contributed by atoms with Crippen LogP contribution >= 0.6 is 12.2 Å². The van der Waals surface area contributed by atoms with E-state index in [9.17, 15) is 5.11 Å². The lowest BCUT2D eigenvalue weighted by Crippen LogP contribution is -2.21. The lowest BCUT2D eigenvalue weighted by Gasteiger charge is -2.26. The van der Waals surface area contributed by atoms with Gasteiger partial charge < -0.3 is 10.1 Å². The Bertz CT molecular complexity index is 581. The smallest absolute Gasteiger partial charge is 0.179 e. The molecule has 0 amide bonds. The van der Waals surface area contributed by atoms with E-state index in [4.69, 9.17) is 12.2 Å². The van der Waals surface area contributed by atoms with Gasteiger partial charge in [-0.1, -0.05) is 0 Å². The number of fused-ring (bicyclic) bond motifs is 1. The van der Waals surface area contributed by atoms with Crippen LogP contribution in [0.15, 0.2) is 18.3 Å². The highest BCUT2D eigenvalue weighted by molar-refractivity contribution is 7.71. The van der Waals surface area contributed by atoms with Gasteiger partial charge in [-0.15, -0.1) is 0 Å². The standard InChI is InChI=1S/C12H15N3OS/c16-9-5-3-8(4-6-9)15-11-10(14-12(15)17)2-1-7-13-11/h1-2,7-9,16H,3-6H2,(H,14,17). The number of nitrogens with zero attached hydrogens (tertiary/aromatic N) is 2. The summed E-state index contributed by atoms with van der Waals surface area (Å²) in [5, 5.41) is 9.55. The summed E-state index contributed by atoms with van der Waals surface area (Å²) in [4.78, 5) is 7.59. The summed E-state index contributed by atoms with van der Waals surface area (Å²) in [6, 6.07) is 4.27. The number of imidazole rings is 1. The fraction of sp³-hybridized carbons (Fsp3) is 0.500. The lowest BCUT2D eigenvalue weighted by atomic mass is 9.93. The molecule has 1 saturated carbocycles. The minimum atomic E-state index is -0.140. The molecule has 5 heteroatoms. The number of pyridine rings is 1. The first kappa shape index (κ1) is 10.9. The summed E-state index contributed by atoms with van der Waals surface area (Å²) >= 11 is 5.37. The number of hydrogen-bond donors (Lipinski definition) is 2. The van der Waals surface area contributed by atoms with E-state index in [1.54, 1.807) is 6.20 Å². The zero-order valence-corrected chi connectivity index (χ0v) is 10.3. The molecule has 0 aromatic carbocycles. The van der Waals surface area contributed by atoms with Crippen LogP contribution in [0.25, 0.3) is 11.2 Å². The molecule has 4 nitrogen and oxygen atoms in total. The van der Waals surface area contributed by atoms with E-state index in [-0.39, 0.29) is 6.10 Å². The number of rotatable bonds is 1. The number of aromatic nitrogens is 3. The molecule has 3 rings (SSSR count). The number of aliphatic hydroxyl groups is 1. The molecule has 17 heavy (non-hydrogen) atoms. The molecule has 0 atom stereocenters. The van der Waals surface area contributed by atoms with Gasteiger partial charge in [0.25, 0.3) is 0 Å². The largest absolute Gasteiger partial charge is 0.393 e. The number of hydrogen-bond acceptors (Lipinski definition) is 3. The molecule has 2 aromatic rings. The highest BCUT2D eigenvalue weighted by Crippen LogP contribution is 2.30. The second-order valence-corrected chi connectivity index (χ2v) is 5.02. The van der Waals surface area contributed by atoms with Crippen molar-refractivity contribution in [2.45, 2.75) is 37.8 Å². The monoisotopic (exact) mass is 249 g/mol. The third-order valence-corrected chi connectivity index (χ3v) is 3.81. The Labute approximate surface area is 104 Å². The van der Waals surface area contributed by atoms with Gasteiger partial charge in [0.2, 0.25) is 0 Å². The molecule has 2 heterocycles. The van der Waals surface area contributed by atoms with Crippen molar-refractivity contribution in [1.29, 1.82) is 0 Å². The average molecular weight is 249 g/mol. The van der Waals surface area contributed by atoms with Crippen LogP contribution in [0.5, 0.6) is 0 Å². The fourth-order valence-corrected chi connectivity index (χ4v) is 2.96. The molecule has 0 bridgehead atoms. The Kier molecular flexibility index (Phi) is 2.72. The van der Waals surface area contributed by atoms with Crippen LogP contribution in [-0.4, -0.2) is 25.7 Å². The second kappa shape index (κ2) is 4.23. The molecule has 0 saturated heterocycles. The van der Waals surface area contributed by atoms with E-state index in [2.05, 4.69) is 14.5 Å². The molecule has 1 fully saturated rings. The van der Waals surface area contributed by atoms with Gasteiger partial charge >= 0.3 is 0 Å². The summed E-state index contributed by atoms with van der Waals surface area (Å²) in [5.41, 5.74) is 1.92. The van der Waals surface area contributed by atoms with E-state index < -0.39 is 0 Å². The molecule has 0 unspecified atom stereocenters. The van der Waals surface area contributed by atoms with Crippen LogP contribution in [0, 0.1) is 4.77 Å². The van der Waals surface area contributed by atoms with Crippen molar-refractivity contribution in [3.63, 3.8) is 0 Å². The van der Waals surface area contributed by atoms with Gasteiger partial charge in [0.1, 0.15) is 0 Å². The van der Waals surface area contributed by atoms with Gasteiger partial charge in [-0.2, -0.15) is 0 Å². The first-order chi connectivity index (χ1) is 8.25. The summed E-state index contributed by atoms with van der Waals surface area (Å²) in [5.74, 6) is 0. The van der Waals surface area contributed by atoms with E-state index in [1.165, 1.54) is 0 Å². The lowest BCUT2D eigenvalue weighted by molar-refractivity contribution is 0.111. The predicted octanol–water partition coefficient (Wildman–Crippen LogP) is 2.57. The maximum Gasteiger partial charge on any atom is 0.179 e. The first-order valence-electron chi connectivity index (χ1n) is 5.99. The molecule has 1 aliphatic rings. The Balaban J connectivity index is 2.05. The number of aliphatic hydroxyl groups excluding tert-OH is 1. The van der Waals surface area contributed by atoms with Crippen LogP contribution < -0.4 is 0 Å². The van der Waals surface area contributed by atoms with Crippen molar-refractivity contribution in [2.24, 2.45) is 0 Å². The van der Waals surface area contributed by atoms with Gasteiger partial charge in [0.05, 0.1) is 11.6 Å². The molecule has 1 aliphatic carbocycles. The molecule has 2 N–H and O–H groups in total. The maximum atomic E-state index is 9.55. The number of aromatic amines is 1. The van der Waals surface area contributed by atoms with E-state index in [0.29, 0.717) is 6.04 Å². The van der Waals surface area contributed by atoms with Crippen molar-refractivity contribution >= 4 is 23.4 Å². The average Bonchev–Trinajstić information content (AvgIpc) is 2.66.